The van der Waals surface area contributed by atoms with Gasteiger partial charge in [0.05, 0.1) is 0 Å². The summed E-state index contributed by atoms with van der Waals surface area (Å²) in [7, 11) is 0. The highest BCUT2D eigenvalue weighted by Gasteiger charge is 1.90. The highest BCUT2D eigenvalue weighted by molar-refractivity contribution is 5.13. The molecule has 0 aliphatic carbocycles. The van der Waals surface area contributed by atoms with Crippen LogP contribution in [-0.4, -0.2) is 0 Å². The van der Waals surface area contributed by atoms with Gasteiger partial charge in [-0.25, -0.2) is 4.39 Å². The fourth-order valence-electron chi connectivity index (χ4n) is 0.692. The molecule has 0 aliphatic heterocycles. The largest absolute Gasteiger partial charge is 0.206 e. The van der Waals surface area contributed by atoms with Gasteiger partial charge in [-0.05, 0) is 18.1 Å². The molecule has 0 atom stereocenters. The molecule has 0 saturated carbocycles. The number of halogens is 1. The van der Waals surface area contributed by atoms with Gasteiger partial charge >= 0.3 is 0 Å². The van der Waals surface area contributed by atoms with Gasteiger partial charge in [0.15, 0.2) is 0 Å². The maximum atomic E-state index is 12.3. The van der Waals surface area contributed by atoms with Crippen molar-refractivity contribution in [2.45, 2.75) is 13.3 Å². The van der Waals surface area contributed by atoms with Crippen molar-refractivity contribution < 1.29 is 4.39 Å². The number of hydrogen-bond donors (Lipinski definition) is 0. The fraction of sp³-hybridized carbons (Fsp3) is 0.250. The van der Waals surface area contributed by atoms with Crippen molar-refractivity contribution in [1.29, 1.82) is 0 Å². The zero-order valence-corrected chi connectivity index (χ0v) is 5.32. The summed E-state index contributed by atoms with van der Waals surface area (Å²) in [6.07, 6.45) is 0.845. The molecule has 0 nitrogen and oxygen atoms in total. The molecule has 0 aromatic heterocycles. The summed E-state index contributed by atoms with van der Waals surface area (Å²) in [4.78, 5) is 0. The Balaban J connectivity index is 2.94. The molecule has 1 rings (SSSR count). The van der Waals surface area contributed by atoms with Gasteiger partial charge < -0.3 is 0 Å². The molecular weight excluding hydrogens is 115 g/mol. The minimum absolute atomic E-state index is 0.269. The Labute approximate surface area is 54.3 Å². The Hall–Kier alpha value is -0.850. The Kier molecular flexibility index (Phi) is 1.83. The SMILES string of the molecule is CCc1[c]c(F)ccc1. The Morgan fingerprint density at radius 1 is 1.56 bits per heavy atom. The third-order valence-corrected chi connectivity index (χ3v) is 1.20. The molecule has 0 bridgehead atoms. The zero-order valence-electron chi connectivity index (χ0n) is 5.32. The number of aryl methyl sites for hydroxylation is 1. The van der Waals surface area contributed by atoms with Crippen LogP contribution in [0.25, 0.3) is 0 Å². The van der Waals surface area contributed by atoms with Crippen molar-refractivity contribution in [3.05, 3.63) is 35.6 Å². The van der Waals surface area contributed by atoms with Gasteiger partial charge in [-0.3, -0.25) is 0 Å². The van der Waals surface area contributed by atoms with E-state index < -0.39 is 0 Å². The molecule has 1 heteroatoms. The highest BCUT2D eigenvalue weighted by Crippen LogP contribution is 2.01. The van der Waals surface area contributed by atoms with Gasteiger partial charge in [-0.15, -0.1) is 0 Å². The van der Waals surface area contributed by atoms with Crippen LogP contribution in [0.2, 0.25) is 0 Å². The second kappa shape index (κ2) is 2.62. The first kappa shape index (κ1) is 6.27. The molecule has 0 fully saturated rings. The zero-order chi connectivity index (χ0) is 6.69. The van der Waals surface area contributed by atoms with Gasteiger partial charge in [0, 0.05) is 6.07 Å². The van der Waals surface area contributed by atoms with E-state index in [2.05, 4.69) is 6.07 Å². The molecule has 1 aromatic carbocycles. The minimum atomic E-state index is -0.269. The molecule has 0 aliphatic rings. The lowest BCUT2D eigenvalue weighted by Gasteiger charge is -1.91. The van der Waals surface area contributed by atoms with E-state index in [4.69, 9.17) is 0 Å². The van der Waals surface area contributed by atoms with Crippen molar-refractivity contribution in [3.8, 4) is 0 Å². The van der Waals surface area contributed by atoms with Gasteiger partial charge in [-0.1, -0.05) is 19.1 Å². The molecule has 1 radical (unpaired) electrons. The fourth-order valence-corrected chi connectivity index (χ4v) is 0.692. The van der Waals surface area contributed by atoms with E-state index in [0.717, 1.165) is 12.0 Å². The molecule has 0 saturated heterocycles. The predicted molar refractivity (Wildman–Crippen MR) is 34.6 cm³/mol. The van der Waals surface area contributed by atoms with E-state index in [-0.39, 0.29) is 5.82 Å². The molecule has 0 spiro atoms. The van der Waals surface area contributed by atoms with Gasteiger partial charge in [0.1, 0.15) is 5.82 Å². The van der Waals surface area contributed by atoms with E-state index in [9.17, 15) is 4.39 Å². The summed E-state index contributed by atoms with van der Waals surface area (Å²) in [6.45, 7) is 1.98. The average molecular weight is 123 g/mol. The average Bonchev–Trinajstić information content (AvgIpc) is 1.88. The van der Waals surface area contributed by atoms with Crippen LogP contribution in [0.4, 0.5) is 4.39 Å². The first-order valence-corrected chi connectivity index (χ1v) is 2.99. The molecule has 0 heterocycles. The normalized spacial score (nSPS) is 9.56. The third-order valence-electron chi connectivity index (χ3n) is 1.20. The molecule has 47 valence electrons. The highest BCUT2D eigenvalue weighted by atomic mass is 19.1. The molecular formula is C8H8F. The molecule has 0 N–H and O–H groups in total. The topological polar surface area (TPSA) is 0 Å². The lowest BCUT2D eigenvalue weighted by molar-refractivity contribution is 0.623. The summed E-state index contributed by atoms with van der Waals surface area (Å²) in [5, 5.41) is 0. The second-order valence-electron chi connectivity index (χ2n) is 1.88. The van der Waals surface area contributed by atoms with Crippen molar-refractivity contribution in [1.82, 2.24) is 0 Å². The van der Waals surface area contributed by atoms with Crippen LogP contribution in [0, 0.1) is 11.9 Å². The van der Waals surface area contributed by atoms with Crippen molar-refractivity contribution in [2.75, 3.05) is 0 Å². The van der Waals surface area contributed by atoms with Crippen molar-refractivity contribution >= 4 is 0 Å². The predicted octanol–water partition coefficient (Wildman–Crippen LogP) is 2.19. The Morgan fingerprint density at radius 3 is 2.78 bits per heavy atom. The van der Waals surface area contributed by atoms with Crippen LogP contribution < -0.4 is 0 Å². The lowest BCUT2D eigenvalue weighted by atomic mass is 10.2. The summed E-state index contributed by atoms with van der Waals surface area (Å²) >= 11 is 0. The molecule has 9 heavy (non-hydrogen) atoms. The van der Waals surface area contributed by atoms with Gasteiger partial charge in [0.25, 0.3) is 0 Å². The quantitative estimate of drug-likeness (QED) is 0.537. The standard InChI is InChI=1S/C8H8F/c1-2-7-4-3-5-8(9)6-7/h3-5H,2H2,1H3. The van der Waals surface area contributed by atoms with Gasteiger partial charge in [-0.2, -0.15) is 0 Å². The van der Waals surface area contributed by atoms with E-state index in [1.54, 1.807) is 6.07 Å². The first-order valence-electron chi connectivity index (χ1n) is 2.99. The van der Waals surface area contributed by atoms with E-state index in [1.165, 1.54) is 6.07 Å². The van der Waals surface area contributed by atoms with Crippen LogP contribution in [-0.2, 0) is 6.42 Å². The van der Waals surface area contributed by atoms with Crippen molar-refractivity contribution in [3.63, 3.8) is 0 Å². The van der Waals surface area contributed by atoms with Crippen molar-refractivity contribution in [2.24, 2.45) is 0 Å². The number of hydrogen-bond acceptors (Lipinski definition) is 0. The third kappa shape index (κ3) is 1.53. The maximum absolute atomic E-state index is 12.3. The number of rotatable bonds is 1. The van der Waals surface area contributed by atoms with E-state index in [1.807, 2.05) is 13.0 Å². The number of benzene rings is 1. The minimum Gasteiger partial charge on any atom is -0.206 e. The van der Waals surface area contributed by atoms with E-state index in [0.29, 0.717) is 0 Å². The molecule has 0 amide bonds. The molecule has 1 aromatic rings. The van der Waals surface area contributed by atoms with Gasteiger partial charge in [0.2, 0.25) is 0 Å². The first-order chi connectivity index (χ1) is 4.33. The van der Waals surface area contributed by atoms with Crippen LogP contribution in [0.3, 0.4) is 0 Å². The Morgan fingerprint density at radius 2 is 2.33 bits per heavy atom. The van der Waals surface area contributed by atoms with Crippen LogP contribution >= 0.6 is 0 Å². The van der Waals surface area contributed by atoms with Crippen LogP contribution in [0.1, 0.15) is 12.5 Å². The Bertz CT molecular complexity index is 194. The second-order valence-corrected chi connectivity index (χ2v) is 1.88. The summed E-state index contributed by atoms with van der Waals surface area (Å²) in [5.41, 5.74) is 0.926. The smallest absolute Gasteiger partial charge is 0.131 e. The van der Waals surface area contributed by atoms with Crippen LogP contribution in [0.15, 0.2) is 18.2 Å². The maximum Gasteiger partial charge on any atom is 0.131 e. The van der Waals surface area contributed by atoms with E-state index >= 15 is 0 Å². The summed E-state index contributed by atoms with van der Waals surface area (Å²) < 4.78 is 12.3. The molecule has 0 unspecified atom stereocenters. The lowest BCUT2D eigenvalue weighted by Crippen LogP contribution is -1.80. The van der Waals surface area contributed by atoms with Crippen LogP contribution in [0.5, 0.6) is 0 Å². The summed E-state index contributed by atoms with van der Waals surface area (Å²) in [5.74, 6) is -0.269. The summed E-state index contributed by atoms with van der Waals surface area (Å²) in [6, 6.07) is 7.56. The monoisotopic (exact) mass is 123 g/mol.